The third kappa shape index (κ3) is 3.20. The number of H-pyrrole nitrogens is 1. The van der Waals surface area contributed by atoms with Crippen molar-refractivity contribution in [2.75, 3.05) is 34.7 Å². The Morgan fingerprint density at radius 3 is 2.55 bits per heavy atom. The van der Waals surface area contributed by atoms with Gasteiger partial charge in [-0.1, -0.05) is 18.2 Å². The third-order valence-corrected chi connectivity index (χ3v) is 3.57. The number of para-hydroxylation sites is 1. The van der Waals surface area contributed by atoms with Crippen LogP contribution in [0.15, 0.2) is 30.5 Å². The molecule has 1 heterocycles. The summed E-state index contributed by atoms with van der Waals surface area (Å²) in [6, 6.07) is 8.25. The first-order valence-electron chi connectivity index (χ1n) is 6.90. The number of carbonyl (C=O) groups is 1. The minimum absolute atomic E-state index is 0.169. The van der Waals surface area contributed by atoms with Gasteiger partial charge in [-0.05, 0) is 25.7 Å². The molecule has 1 aromatic carbocycles. The van der Waals surface area contributed by atoms with E-state index in [9.17, 15) is 4.79 Å². The second-order valence-corrected chi connectivity index (χ2v) is 5.74. The van der Waals surface area contributed by atoms with Crippen molar-refractivity contribution in [2.24, 2.45) is 0 Å². The molecule has 4 heteroatoms. The van der Waals surface area contributed by atoms with Gasteiger partial charge < -0.3 is 14.8 Å². The molecule has 4 nitrogen and oxygen atoms in total. The van der Waals surface area contributed by atoms with Crippen LogP contribution in [-0.4, -0.2) is 55.4 Å². The third-order valence-electron chi connectivity index (χ3n) is 3.57. The number of fused-ring (bicyclic) bond motifs is 1. The molecule has 0 bridgehead atoms. The van der Waals surface area contributed by atoms with Crippen molar-refractivity contribution in [3.05, 3.63) is 36.0 Å². The molecule has 1 aromatic heterocycles. The van der Waals surface area contributed by atoms with E-state index < -0.39 is 0 Å². The Hall–Kier alpha value is -1.81. The number of nitrogens with one attached hydrogen (secondary N) is 1. The van der Waals surface area contributed by atoms with Crippen LogP contribution in [0.4, 0.5) is 0 Å². The molecule has 0 saturated heterocycles. The lowest BCUT2D eigenvalue weighted by atomic mass is 9.94. The van der Waals surface area contributed by atoms with Gasteiger partial charge in [0.05, 0.1) is 0 Å². The second-order valence-electron chi connectivity index (χ2n) is 5.74. The molecule has 1 amide bonds. The highest BCUT2D eigenvalue weighted by atomic mass is 16.2. The lowest BCUT2D eigenvalue weighted by molar-refractivity contribution is -0.129. The van der Waals surface area contributed by atoms with Crippen LogP contribution in [0.5, 0.6) is 0 Å². The second kappa shape index (κ2) is 6.09. The Morgan fingerprint density at radius 1 is 1.20 bits per heavy atom. The van der Waals surface area contributed by atoms with Gasteiger partial charge in [-0.2, -0.15) is 0 Å². The Kier molecular flexibility index (Phi) is 4.45. The molecule has 20 heavy (non-hydrogen) atoms. The highest BCUT2D eigenvalue weighted by Crippen LogP contribution is 2.28. The predicted molar refractivity (Wildman–Crippen MR) is 82.9 cm³/mol. The Labute approximate surface area is 120 Å². The van der Waals surface area contributed by atoms with Gasteiger partial charge in [-0.25, -0.2) is 0 Å². The van der Waals surface area contributed by atoms with Gasteiger partial charge >= 0.3 is 0 Å². The largest absolute Gasteiger partial charge is 0.361 e. The van der Waals surface area contributed by atoms with Gasteiger partial charge in [0.25, 0.3) is 0 Å². The van der Waals surface area contributed by atoms with E-state index in [0.29, 0.717) is 6.42 Å². The summed E-state index contributed by atoms with van der Waals surface area (Å²) < 4.78 is 0. The molecule has 1 unspecified atom stereocenters. The van der Waals surface area contributed by atoms with Crippen molar-refractivity contribution >= 4 is 16.8 Å². The average Bonchev–Trinajstić information content (AvgIpc) is 2.81. The van der Waals surface area contributed by atoms with Crippen molar-refractivity contribution < 1.29 is 4.79 Å². The highest BCUT2D eigenvalue weighted by molar-refractivity contribution is 5.85. The van der Waals surface area contributed by atoms with E-state index in [1.807, 2.05) is 46.5 Å². The number of carbonyl (C=O) groups excluding carboxylic acids is 1. The topological polar surface area (TPSA) is 39.3 Å². The van der Waals surface area contributed by atoms with Crippen LogP contribution in [0.25, 0.3) is 10.9 Å². The van der Waals surface area contributed by atoms with Crippen molar-refractivity contribution in [1.29, 1.82) is 0 Å². The van der Waals surface area contributed by atoms with Crippen LogP contribution in [0.3, 0.4) is 0 Å². The molecule has 108 valence electrons. The average molecular weight is 273 g/mol. The number of hydrogen-bond acceptors (Lipinski definition) is 2. The number of amides is 1. The monoisotopic (exact) mass is 273 g/mol. The van der Waals surface area contributed by atoms with E-state index in [0.717, 1.165) is 12.1 Å². The fraction of sp³-hybridized carbons (Fsp3) is 0.438. The molecule has 0 radical (unpaired) electrons. The molecule has 0 aliphatic carbocycles. The van der Waals surface area contributed by atoms with Gasteiger partial charge in [-0.15, -0.1) is 0 Å². The van der Waals surface area contributed by atoms with Crippen LogP contribution in [0.2, 0.25) is 0 Å². The summed E-state index contributed by atoms with van der Waals surface area (Å²) >= 11 is 0. The summed E-state index contributed by atoms with van der Waals surface area (Å²) in [5, 5.41) is 1.21. The van der Waals surface area contributed by atoms with Gasteiger partial charge in [0, 0.05) is 50.1 Å². The molecular weight excluding hydrogens is 250 g/mol. The molecule has 0 spiro atoms. The predicted octanol–water partition coefficient (Wildman–Crippen LogP) is 2.29. The highest BCUT2D eigenvalue weighted by Gasteiger charge is 2.20. The van der Waals surface area contributed by atoms with Gasteiger partial charge in [0.15, 0.2) is 0 Å². The van der Waals surface area contributed by atoms with Crippen LogP contribution in [0, 0.1) is 0 Å². The molecule has 2 rings (SSSR count). The maximum Gasteiger partial charge on any atom is 0.222 e. The molecule has 0 aliphatic rings. The zero-order chi connectivity index (χ0) is 14.7. The first-order chi connectivity index (χ1) is 9.49. The van der Waals surface area contributed by atoms with E-state index in [-0.39, 0.29) is 11.8 Å². The van der Waals surface area contributed by atoms with E-state index in [2.05, 4.69) is 22.0 Å². The fourth-order valence-corrected chi connectivity index (χ4v) is 2.54. The Morgan fingerprint density at radius 2 is 1.90 bits per heavy atom. The number of aromatic nitrogens is 1. The quantitative estimate of drug-likeness (QED) is 0.908. The maximum absolute atomic E-state index is 12.1. The summed E-state index contributed by atoms with van der Waals surface area (Å²) in [5.41, 5.74) is 2.35. The van der Waals surface area contributed by atoms with E-state index in [1.54, 1.807) is 4.90 Å². The number of benzene rings is 1. The minimum atomic E-state index is 0.169. The summed E-state index contributed by atoms with van der Waals surface area (Å²) in [5.74, 6) is 0.373. The van der Waals surface area contributed by atoms with Crippen LogP contribution in [0.1, 0.15) is 17.9 Å². The van der Waals surface area contributed by atoms with Crippen LogP contribution in [-0.2, 0) is 4.79 Å². The number of hydrogen-bond donors (Lipinski definition) is 1. The number of likely N-dealkylation sites (N-methyl/N-ethyl adjacent to an activating group) is 1. The summed E-state index contributed by atoms with van der Waals surface area (Å²) in [4.78, 5) is 19.2. The van der Waals surface area contributed by atoms with Crippen molar-refractivity contribution in [2.45, 2.75) is 12.3 Å². The van der Waals surface area contributed by atoms with Crippen LogP contribution < -0.4 is 0 Å². The molecule has 0 fully saturated rings. The normalized spacial score (nSPS) is 12.8. The van der Waals surface area contributed by atoms with E-state index in [4.69, 9.17) is 0 Å². The molecular formula is C16H23N3O. The number of nitrogens with zero attached hydrogens (tertiary/aromatic N) is 2. The maximum atomic E-state index is 12.1. The van der Waals surface area contributed by atoms with Crippen LogP contribution >= 0.6 is 0 Å². The first kappa shape index (κ1) is 14.6. The van der Waals surface area contributed by atoms with Gasteiger partial charge in [0.2, 0.25) is 5.91 Å². The van der Waals surface area contributed by atoms with Gasteiger partial charge in [0.1, 0.15) is 0 Å². The van der Waals surface area contributed by atoms with Crippen molar-refractivity contribution in [3.63, 3.8) is 0 Å². The molecule has 0 saturated carbocycles. The summed E-state index contributed by atoms with van der Waals surface area (Å²) in [6.07, 6.45) is 2.58. The Bertz CT molecular complexity index is 586. The SMILES string of the molecule is CN(C)CC(CC(=O)N(C)C)c1c[nH]c2ccccc12. The molecule has 1 atom stereocenters. The lowest BCUT2D eigenvalue weighted by Gasteiger charge is -2.22. The zero-order valence-electron chi connectivity index (χ0n) is 12.7. The lowest BCUT2D eigenvalue weighted by Crippen LogP contribution is -2.28. The van der Waals surface area contributed by atoms with Gasteiger partial charge in [-0.3, -0.25) is 4.79 Å². The van der Waals surface area contributed by atoms with Crippen molar-refractivity contribution in [1.82, 2.24) is 14.8 Å². The van der Waals surface area contributed by atoms with E-state index >= 15 is 0 Å². The number of rotatable bonds is 5. The summed E-state index contributed by atoms with van der Waals surface area (Å²) in [7, 11) is 7.71. The molecule has 1 N–H and O–H groups in total. The van der Waals surface area contributed by atoms with E-state index in [1.165, 1.54) is 10.9 Å². The zero-order valence-corrected chi connectivity index (χ0v) is 12.7. The van der Waals surface area contributed by atoms with Crippen molar-refractivity contribution in [3.8, 4) is 0 Å². The summed E-state index contributed by atoms with van der Waals surface area (Å²) in [6.45, 7) is 0.863. The smallest absolute Gasteiger partial charge is 0.222 e. The Balaban J connectivity index is 2.32. The standard InChI is InChI=1S/C16H23N3O/c1-18(2)11-12(9-16(20)19(3)4)14-10-17-15-8-6-5-7-13(14)15/h5-8,10,12,17H,9,11H2,1-4H3. The molecule has 0 aliphatic heterocycles. The number of aromatic amines is 1. The minimum Gasteiger partial charge on any atom is -0.361 e. The molecule has 2 aromatic rings. The first-order valence-corrected chi connectivity index (χ1v) is 6.90. The fourth-order valence-electron chi connectivity index (χ4n) is 2.54.